The van der Waals surface area contributed by atoms with E-state index in [1.165, 1.54) is 0 Å². The zero-order valence-corrected chi connectivity index (χ0v) is 13.1. The summed E-state index contributed by atoms with van der Waals surface area (Å²) in [6.07, 6.45) is 0.281. The van der Waals surface area contributed by atoms with Gasteiger partial charge in [0.05, 0.1) is 6.54 Å². The number of carbonyl (C=O) groups is 3. The Hall–Kier alpha value is -1.89. The highest BCUT2D eigenvalue weighted by molar-refractivity contribution is 9.08. The summed E-state index contributed by atoms with van der Waals surface area (Å²) in [7, 11) is 0. The summed E-state index contributed by atoms with van der Waals surface area (Å²) >= 11 is 3.31. The van der Waals surface area contributed by atoms with Crippen LogP contribution in [0.2, 0.25) is 0 Å². The Morgan fingerprint density at radius 3 is 2.33 bits per heavy atom. The first-order valence-electron chi connectivity index (χ1n) is 6.43. The molecule has 21 heavy (non-hydrogen) atoms. The molecule has 6 nitrogen and oxygen atoms in total. The first-order valence-corrected chi connectivity index (χ1v) is 7.55. The molecule has 1 aromatic carbocycles. The number of benzene rings is 1. The maximum absolute atomic E-state index is 11.8. The minimum Gasteiger partial charge on any atom is -0.480 e. The van der Waals surface area contributed by atoms with Gasteiger partial charge in [0.1, 0.15) is 6.04 Å². The summed E-state index contributed by atoms with van der Waals surface area (Å²) in [6, 6.07) is 6.00. The molecule has 1 atom stereocenters. The summed E-state index contributed by atoms with van der Waals surface area (Å²) in [5.74, 6) is -2.01. The minimum absolute atomic E-state index is 0.261. The normalized spacial score (nSPS) is 11.5. The van der Waals surface area contributed by atoms with Crippen LogP contribution in [-0.4, -0.2) is 35.5 Å². The van der Waals surface area contributed by atoms with E-state index in [-0.39, 0.29) is 18.9 Å². The number of rotatable bonds is 7. The predicted molar refractivity (Wildman–Crippen MR) is 81.3 cm³/mol. The maximum Gasteiger partial charge on any atom is 0.326 e. The molecule has 1 rings (SSSR count). The second-order valence-electron chi connectivity index (χ2n) is 4.38. The largest absolute Gasteiger partial charge is 0.480 e. The number of carboxylic acids is 1. The Morgan fingerprint density at radius 2 is 1.86 bits per heavy atom. The average Bonchev–Trinajstić information content (AvgIpc) is 2.49. The molecule has 0 saturated heterocycles. The Morgan fingerprint density at radius 1 is 1.24 bits per heavy atom. The fraction of sp³-hybridized carbons (Fsp3) is 0.357. The van der Waals surface area contributed by atoms with Crippen molar-refractivity contribution in [3.05, 3.63) is 35.4 Å². The number of alkyl halides is 1. The highest BCUT2D eigenvalue weighted by Gasteiger charge is 2.17. The van der Waals surface area contributed by atoms with Gasteiger partial charge >= 0.3 is 5.97 Å². The number of hydrogen-bond acceptors (Lipinski definition) is 3. The third-order valence-corrected chi connectivity index (χ3v) is 3.47. The zero-order valence-electron chi connectivity index (χ0n) is 11.6. The number of aliphatic carboxylic acids is 1. The van der Waals surface area contributed by atoms with Gasteiger partial charge in [-0.2, -0.15) is 0 Å². The van der Waals surface area contributed by atoms with Crippen molar-refractivity contribution in [1.82, 2.24) is 10.6 Å². The van der Waals surface area contributed by atoms with Crippen LogP contribution in [0, 0.1) is 0 Å². The Labute approximate surface area is 131 Å². The van der Waals surface area contributed by atoms with Gasteiger partial charge in [0.25, 0.3) is 5.91 Å². The summed E-state index contributed by atoms with van der Waals surface area (Å²) in [6.45, 7) is 1.39. The van der Waals surface area contributed by atoms with E-state index in [1.807, 2.05) is 0 Å². The summed E-state index contributed by atoms with van der Waals surface area (Å²) in [4.78, 5) is 34.2. The van der Waals surface area contributed by atoms with Gasteiger partial charge in [-0.15, -0.1) is 0 Å². The molecule has 0 fully saturated rings. The molecule has 0 aliphatic rings. The van der Waals surface area contributed by atoms with Gasteiger partial charge in [-0.3, -0.25) is 9.59 Å². The van der Waals surface area contributed by atoms with Gasteiger partial charge in [-0.05, 0) is 24.1 Å². The van der Waals surface area contributed by atoms with E-state index in [2.05, 4.69) is 26.6 Å². The molecular formula is C14H17BrN2O4. The highest BCUT2D eigenvalue weighted by Crippen LogP contribution is 2.07. The second kappa shape index (κ2) is 8.41. The number of carboxylic acid groups (broad SMARTS) is 1. The van der Waals surface area contributed by atoms with Crippen molar-refractivity contribution in [2.45, 2.75) is 24.7 Å². The molecule has 0 saturated carbocycles. The molecule has 2 amide bonds. The lowest BCUT2D eigenvalue weighted by atomic mass is 10.1. The molecule has 0 aliphatic carbocycles. The van der Waals surface area contributed by atoms with Crippen LogP contribution in [0.4, 0.5) is 0 Å². The number of nitrogens with one attached hydrogen (secondary N) is 2. The number of amides is 2. The third-order valence-electron chi connectivity index (χ3n) is 2.82. The van der Waals surface area contributed by atoms with E-state index in [4.69, 9.17) is 5.11 Å². The molecule has 1 unspecified atom stereocenters. The van der Waals surface area contributed by atoms with E-state index in [1.54, 1.807) is 31.2 Å². The highest BCUT2D eigenvalue weighted by atomic mass is 79.9. The Kier molecular flexibility index (Phi) is 6.87. The smallest absolute Gasteiger partial charge is 0.326 e. The van der Waals surface area contributed by atoms with Crippen LogP contribution in [0.3, 0.4) is 0 Å². The van der Waals surface area contributed by atoms with Crippen LogP contribution in [0.5, 0.6) is 0 Å². The van der Waals surface area contributed by atoms with Crippen molar-refractivity contribution >= 4 is 33.7 Å². The van der Waals surface area contributed by atoms with Crippen LogP contribution in [0.15, 0.2) is 24.3 Å². The topological polar surface area (TPSA) is 95.5 Å². The average molecular weight is 357 g/mol. The SMILES string of the molecule is CCC(NC(=O)CNC(=O)c1ccc(CBr)cc1)C(=O)O. The molecule has 0 heterocycles. The predicted octanol–water partition coefficient (Wildman–Crippen LogP) is 1.29. The standard InChI is InChI=1S/C14H17BrN2O4/c1-2-11(14(20)21)17-12(18)8-16-13(19)10-5-3-9(7-15)4-6-10/h3-6,11H,2,7-8H2,1H3,(H,16,19)(H,17,18)(H,20,21). The second-order valence-corrected chi connectivity index (χ2v) is 4.94. The summed E-state index contributed by atoms with van der Waals surface area (Å²) in [5, 5.41) is 14.3. The first kappa shape index (κ1) is 17.2. The fourth-order valence-corrected chi connectivity index (χ4v) is 1.97. The number of hydrogen-bond donors (Lipinski definition) is 3. The van der Waals surface area contributed by atoms with Crippen molar-refractivity contribution in [1.29, 1.82) is 0 Å². The lowest BCUT2D eigenvalue weighted by molar-refractivity contribution is -0.141. The molecule has 1 aromatic rings. The molecule has 114 valence electrons. The number of carbonyl (C=O) groups excluding carboxylic acids is 2. The Balaban J connectivity index is 2.48. The first-order chi connectivity index (χ1) is 9.97. The van der Waals surface area contributed by atoms with Crippen LogP contribution in [0.25, 0.3) is 0 Å². The molecule has 0 aliphatic heterocycles. The van der Waals surface area contributed by atoms with Crippen molar-refractivity contribution in [2.75, 3.05) is 6.54 Å². The molecule has 7 heteroatoms. The molecule has 0 bridgehead atoms. The van der Waals surface area contributed by atoms with E-state index < -0.39 is 17.9 Å². The van der Waals surface area contributed by atoms with Gasteiger partial charge in [-0.1, -0.05) is 35.0 Å². The molecule has 0 radical (unpaired) electrons. The maximum atomic E-state index is 11.8. The number of halogens is 1. The van der Waals surface area contributed by atoms with Crippen molar-refractivity contribution in [3.8, 4) is 0 Å². The van der Waals surface area contributed by atoms with Crippen molar-refractivity contribution in [3.63, 3.8) is 0 Å². The zero-order chi connectivity index (χ0) is 15.8. The lowest BCUT2D eigenvalue weighted by Crippen LogP contribution is -2.45. The van der Waals surface area contributed by atoms with Crippen LogP contribution in [0.1, 0.15) is 29.3 Å². The summed E-state index contributed by atoms with van der Waals surface area (Å²) in [5.41, 5.74) is 1.48. The fourth-order valence-electron chi connectivity index (χ4n) is 1.59. The Bertz CT molecular complexity index is 516. The molecular weight excluding hydrogens is 340 g/mol. The molecule has 0 spiro atoms. The molecule has 0 aromatic heterocycles. The van der Waals surface area contributed by atoms with Gasteiger partial charge in [0.2, 0.25) is 5.91 Å². The van der Waals surface area contributed by atoms with Gasteiger partial charge in [0, 0.05) is 10.9 Å². The van der Waals surface area contributed by atoms with E-state index >= 15 is 0 Å². The lowest BCUT2D eigenvalue weighted by Gasteiger charge is -2.12. The van der Waals surface area contributed by atoms with E-state index in [9.17, 15) is 14.4 Å². The van der Waals surface area contributed by atoms with Crippen LogP contribution >= 0.6 is 15.9 Å². The van der Waals surface area contributed by atoms with Crippen LogP contribution in [-0.2, 0) is 14.9 Å². The third kappa shape index (κ3) is 5.55. The van der Waals surface area contributed by atoms with Gasteiger partial charge < -0.3 is 15.7 Å². The molecule has 3 N–H and O–H groups in total. The quantitative estimate of drug-likeness (QED) is 0.641. The van der Waals surface area contributed by atoms with E-state index in [0.29, 0.717) is 10.9 Å². The van der Waals surface area contributed by atoms with E-state index in [0.717, 1.165) is 5.56 Å². The summed E-state index contributed by atoms with van der Waals surface area (Å²) < 4.78 is 0. The van der Waals surface area contributed by atoms with Gasteiger partial charge in [0.15, 0.2) is 0 Å². The van der Waals surface area contributed by atoms with Crippen molar-refractivity contribution < 1.29 is 19.5 Å². The monoisotopic (exact) mass is 356 g/mol. The van der Waals surface area contributed by atoms with Crippen LogP contribution < -0.4 is 10.6 Å². The minimum atomic E-state index is -1.09. The van der Waals surface area contributed by atoms with Crippen molar-refractivity contribution in [2.24, 2.45) is 0 Å². The van der Waals surface area contributed by atoms with Gasteiger partial charge in [-0.25, -0.2) is 4.79 Å².